The largest absolute Gasteiger partial charge is 0.508 e. The van der Waals surface area contributed by atoms with Crippen LogP contribution in [-0.2, 0) is 14.3 Å². The Morgan fingerprint density at radius 3 is 2.25 bits per heavy atom. The summed E-state index contributed by atoms with van der Waals surface area (Å²) in [7, 11) is 0. The zero-order valence-electron chi connectivity index (χ0n) is 19.7. The molecule has 1 aliphatic heterocycles. The number of esters is 1. The van der Waals surface area contributed by atoms with Crippen molar-refractivity contribution in [3.8, 4) is 5.75 Å². The topological polar surface area (TPSA) is 104 Å². The molecule has 0 aliphatic carbocycles. The van der Waals surface area contributed by atoms with Gasteiger partial charge in [-0.2, -0.15) is 0 Å². The van der Waals surface area contributed by atoms with E-state index in [1.165, 1.54) is 29.2 Å². The second kappa shape index (κ2) is 10.4. The smallest absolute Gasteiger partial charge is 0.338 e. The molecule has 0 aromatic heterocycles. The van der Waals surface area contributed by atoms with Gasteiger partial charge in [0.25, 0.3) is 11.7 Å². The Balaban J connectivity index is 1.83. The van der Waals surface area contributed by atoms with Gasteiger partial charge in [0.2, 0.25) is 0 Å². The summed E-state index contributed by atoms with van der Waals surface area (Å²) in [4.78, 5) is 40.0. The number of aromatic hydroxyl groups is 1. The fraction of sp³-hybridized carbons (Fsp3) is 0.179. The van der Waals surface area contributed by atoms with E-state index >= 15 is 0 Å². The Labute approximate surface area is 216 Å². The van der Waals surface area contributed by atoms with Crippen LogP contribution in [0.1, 0.15) is 46.4 Å². The number of aliphatic hydroxyl groups excluding tert-OH is 1. The Morgan fingerprint density at radius 2 is 1.64 bits per heavy atom. The maximum atomic E-state index is 13.3. The highest BCUT2D eigenvalue weighted by atomic mass is 79.9. The van der Waals surface area contributed by atoms with Gasteiger partial charge in [-0.1, -0.05) is 41.1 Å². The molecule has 1 aliphatic rings. The molecule has 0 radical (unpaired) electrons. The normalized spacial score (nSPS) is 16.9. The number of ketones is 1. The molecule has 36 heavy (non-hydrogen) atoms. The van der Waals surface area contributed by atoms with E-state index in [0.29, 0.717) is 35.4 Å². The SMILES string of the molecule is CCCOC(=O)c1ccc(N2C(=O)C(=O)/C(=C(\O)c3ccc(Br)c(C)c3)C2c2ccc(O)cc2)cc1. The van der Waals surface area contributed by atoms with Crippen molar-refractivity contribution in [1.29, 1.82) is 0 Å². The third kappa shape index (κ3) is 4.77. The van der Waals surface area contributed by atoms with Crippen LogP contribution in [0.4, 0.5) is 5.69 Å². The van der Waals surface area contributed by atoms with Crippen molar-refractivity contribution in [2.45, 2.75) is 26.3 Å². The van der Waals surface area contributed by atoms with Crippen molar-refractivity contribution in [2.24, 2.45) is 0 Å². The van der Waals surface area contributed by atoms with Gasteiger partial charge in [0.1, 0.15) is 11.5 Å². The molecular weight excluding hydrogens is 526 g/mol. The number of phenols is 1. The van der Waals surface area contributed by atoms with Gasteiger partial charge in [-0.05, 0) is 73.0 Å². The first-order valence-corrected chi connectivity index (χ1v) is 12.2. The third-order valence-electron chi connectivity index (χ3n) is 5.90. The summed E-state index contributed by atoms with van der Waals surface area (Å²) in [5.41, 5.74) is 2.38. The minimum absolute atomic E-state index is 0.0224. The van der Waals surface area contributed by atoms with E-state index in [1.807, 2.05) is 13.8 Å². The van der Waals surface area contributed by atoms with Crippen LogP contribution in [0.15, 0.2) is 76.8 Å². The molecule has 1 saturated heterocycles. The average molecular weight is 550 g/mol. The molecule has 3 aromatic carbocycles. The number of halogens is 1. The van der Waals surface area contributed by atoms with Gasteiger partial charge >= 0.3 is 5.97 Å². The quantitative estimate of drug-likeness (QED) is 0.178. The summed E-state index contributed by atoms with van der Waals surface area (Å²) in [6, 6.07) is 16.4. The number of ether oxygens (including phenoxy) is 1. The lowest BCUT2D eigenvalue weighted by Gasteiger charge is -2.25. The molecule has 1 unspecified atom stereocenters. The van der Waals surface area contributed by atoms with Crippen molar-refractivity contribution in [1.82, 2.24) is 0 Å². The lowest BCUT2D eigenvalue weighted by Crippen LogP contribution is -2.29. The summed E-state index contributed by atoms with van der Waals surface area (Å²) in [6.45, 7) is 4.04. The average Bonchev–Trinajstić information content (AvgIpc) is 3.14. The molecule has 0 saturated carbocycles. The summed E-state index contributed by atoms with van der Waals surface area (Å²) in [6.07, 6.45) is 0.693. The van der Waals surface area contributed by atoms with E-state index in [2.05, 4.69) is 15.9 Å². The van der Waals surface area contributed by atoms with E-state index in [-0.39, 0.29) is 17.1 Å². The molecule has 1 atom stereocenters. The van der Waals surface area contributed by atoms with Crippen LogP contribution in [0.2, 0.25) is 0 Å². The molecule has 3 aromatic rings. The van der Waals surface area contributed by atoms with Gasteiger partial charge in [-0.15, -0.1) is 0 Å². The number of hydrogen-bond donors (Lipinski definition) is 2. The Kier molecular flexibility index (Phi) is 7.26. The fourth-order valence-corrected chi connectivity index (χ4v) is 4.30. The summed E-state index contributed by atoms with van der Waals surface area (Å²) < 4.78 is 6.00. The van der Waals surface area contributed by atoms with Crippen LogP contribution < -0.4 is 4.90 Å². The predicted molar refractivity (Wildman–Crippen MR) is 139 cm³/mol. The highest BCUT2D eigenvalue weighted by Gasteiger charge is 2.47. The van der Waals surface area contributed by atoms with E-state index in [9.17, 15) is 24.6 Å². The van der Waals surface area contributed by atoms with E-state index in [1.54, 1.807) is 42.5 Å². The van der Waals surface area contributed by atoms with Crippen LogP contribution in [0.3, 0.4) is 0 Å². The second-order valence-corrected chi connectivity index (χ2v) is 9.26. The molecule has 2 N–H and O–H groups in total. The minimum atomic E-state index is -0.951. The molecule has 7 nitrogen and oxygen atoms in total. The number of anilines is 1. The van der Waals surface area contributed by atoms with Crippen LogP contribution in [-0.4, -0.2) is 34.5 Å². The summed E-state index contributed by atoms with van der Waals surface area (Å²) in [5, 5.41) is 21.0. The number of benzene rings is 3. The summed E-state index contributed by atoms with van der Waals surface area (Å²) >= 11 is 3.43. The van der Waals surface area contributed by atoms with Crippen molar-refractivity contribution in [3.05, 3.63) is 99.0 Å². The zero-order valence-corrected chi connectivity index (χ0v) is 21.3. The van der Waals surface area contributed by atoms with Crippen molar-refractivity contribution < 1.29 is 29.3 Å². The zero-order chi connectivity index (χ0) is 26.0. The number of rotatable bonds is 6. The number of amides is 1. The Bertz CT molecular complexity index is 1360. The number of nitrogens with zero attached hydrogens (tertiary/aromatic N) is 1. The molecule has 0 spiro atoms. The molecule has 8 heteroatoms. The van der Waals surface area contributed by atoms with Crippen LogP contribution in [0.25, 0.3) is 5.76 Å². The lowest BCUT2D eigenvalue weighted by atomic mass is 9.94. The second-order valence-electron chi connectivity index (χ2n) is 8.41. The van der Waals surface area contributed by atoms with Crippen LogP contribution >= 0.6 is 15.9 Å². The number of aliphatic hydroxyl groups is 1. The minimum Gasteiger partial charge on any atom is -0.508 e. The van der Waals surface area contributed by atoms with Crippen molar-refractivity contribution in [3.63, 3.8) is 0 Å². The van der Waals surface area contributed by atoms with Crippen molar-refractivity contribution >= 4 is 45.0 Å². The number of Topliss-reactive ketones (excluding diaryl/α,β-unsaturated/α-hetero) is 1. The highest BCUT2D eigenvalue weighted by molar-refractivity contribution is 9.10. The van der Waals surface area contributed by atoms with Gasteiger partial charge in [0.05, 0.1) is 23.8 Å². The van der Waals surface area contributed by atoms with Crippen LogP contribution in [0.5, 0.6) is 5.75 Å². The molecule has 1 fully saturated rings. The maximum Gasteiger partial charge on any atom is 0.338 e. The monoisotopic (exact) mass is 549 g/mol. The van der Waals surface area contributed by atoms with E-state index < -0.39 is 23.7 Å². The van der Waals surface area contributed by atoms with Gasteiger partial charge in [0, 0.05) is 15.7 Å². The molecule has 184 valence electrons. The first-order valence-electron chi connectivity index (χ1n) is 11.4. The van der Waals surface area contributed by atoms with Gasteiger partial charge in [-0.25, -0.2) is 4.79 Å². The molecule has 4 rings (SSSR count). The highest BCUT2D eigenvalue weighted by Crippen LogP contribution is 2.42. The molecule has 0 bridgehead atoms. The van der Waals surface area contributed by atoms with Gasteiger partial charge in [0.15, 0.2) is 0 Å². The van der Waals surface area contributed by atoms with E-state index in [4.69, 9.17) is 4.74 Å². The Morgan fingerprint density at radius 1 is 1.00 bits per heavy atom. The first kappa shape index (κ1) is 25.2. The molecular formula is C28H24BrNO6. The van der Waals surface area contributed by atoms with Gasteiger partial charge < -0.3 is 14.9 Å². The molecule has 1 heterocycles. The number of phenolic OH excluding ortho intramolecular Hbond substituents is 1. The molecule has 1 amide bonds. The Hall–Kier alpha value is -3.91. The maximum absolute atomic E-state index is 13.3. The standard InChI is InChI=1S/C28H24BrNO6/c1-3-14-36-28(35)18-4-9-20(10-5-18)30-24(17-6-11-21(31)12-7-17)23(26(33)27(30)34)25(32)19-8-13-22(29)16(2)15-19/h4-13,15,24,31-32H,3,14H2,1-2H3/b25-23-. The number of carbonyl (C=O) groups is 3. The van der Waals surface area contributed by atoms with Crippen LogP contribution in [0, 0.1) is 6.92 Å². The number of carbonyl (C=O) groups excluding carboxylic acids is 3. The number of hydrogen-bond acceptors (Lipinski definition) is 6. The first-order chi connectivity index (χ1) is 17.2. The third-order valence-corrected chi connectivity index (χ3v) is 6.79. The predicted octanol–water partition coefficient (Wildman–Crippen LogP) is 5.66. The fourth-order valence-electron chi connectivity index (χ4n) is 4.05. The van der Waals surface area contributed by atoms with E-state index in [0.717, 1.165) is 10.0 Å². The number of aryl methyl sites for hydroxylation is 1. The van der Waals surface area contributed by atoms with Crippen molar-refractivity contribution in [2.75, 3.05) is 11.5 Å². The van der Waals surface area contributed by atoms with Gasteiger partial charge in [-0.3, -0.25) is 14.5 Å². The lowest BCUT2D eigenvalue weighted by molar-refractivity contribution is -0.132. The summed E-state index contributed by atoms with van der Waals surface area (Å²) in [5.74, 6) is -2.41.